The van der Waals surface area contributed by atoms with Crippen LogP contribution in [0.3, 0.4) is 0 Å². The lowest BCUT2D eigenvalue weighted by molar-refractivity contribution is 0.174. The van der Waals surface area contributed by atoms with E-state index < -0.39 is 0 Å². The Hall–Kier alpha value is -1.98. The molecule has 2 aromatic rings. The molecule has 0 spiro atoms. The maximum absolute atomic E-state index is 6.22. The molecule has 1 N–H and O–H groups in total. The molecule has 0 bridgehead atoms. The average molecular weight is 336 g/mol. The fourth-order valence-corrected chi connectivity index (χ4v) is 2.71. The van der Waals surface area contributed by atoms with Gasteiger partial charge in [0, 0.05) is 12.1 Å². The van der Waals surface area contributed by atoms with E-state index in [0.717, 1.165) is 22.6 Å². The minimum atomic E-state index is 0.270. The second-order valence-corrected chi connectivity index (χ2v) is 5.53. The molecule has 3 rings (SSSR count). The predicted octanol–water partition coefficient (Wildman–Crippen LogP) is 3.54. The predicted molar refractivity (Wildman–Crippen MR) is 89.1 cm³/mol. The van der Waals surface area contributed by atoms with Gasteiger partial charge >= 0.3 is 0 Å². The zero-order valence-corrected chi connectivity index (χ0v) is 13.5. The smallest absolute Gasteiger partial charge is 0.231 e. The number of benzene rings is 2. The summed E-state index contributed by atoms with van der Waals surface area (Å²) in [6, 6.07) is 11.2. The Bertz CT molecular complexity index is 721. The number of nitrogens with one attached hydrogen (secondary N) is 1. The topological polar surface area (TPSA) is 39.7 Å². The molecule has 0 radical (unpaired) electrons. The highest BCUT2D eigenvalue weighted by molar-refractivity contribution is 7.80. The van der Waals surface area contributed by atoms with Gasteiger partial charge in [-0.05, 0) is 35.9 Å². The Balaban J connectivity index is 1.67. The van der Waals surface area contributed by atoms with E-state index in [1.807, 2.05) is 30.3 Å². The molecule has 0 fully saturated rings. The first-order valence-electron chi connectivity index (χ1n) is 6.67. The molecule has 0 saturated heterocycles. The number of thiocarbonyl (C=S) groups is 1. The Labute approximate surface area is 138 Å². The molecule has 4 nitrogen and oxygen atoms in total. The van der Waals surface area contributed by atoms with E-state index in [0.29, 0.717) is 22.3 Å². The van der Waals surface area contributed by atoms with Crippen LogP contribution in [0.15, 0.2) is 36.4 Å². The fourth-order valence-electron chi connectivity index (χ4n) is 2.14. The Morgan fingerprint density at radius 3 is 2.82 bits per heavy atom. The molecule has 6 heteroatoms. The molecular formula is C16H14ClNO3S. The highest BCUT2D eigenvalue weighted by Gasteiger charge is 2.13. The van der Waals surface area contributed by atoms with E-state index >= 15 is 0 Å². The summed E-state index contributed by atoms with van der Waals surface area (Å²) in [5, 5.41) is 3.75. The number of fused-ring (bicyclic) bond motifs is 1. The first-order valence-corrected chi connectivity index (χ1v) is 7.46. The molecule has 1 aliphatic heterocycles. The van der Waals surface area contributed by atoms with Crippen LogP contribution < -0.4 is 19.5 Å². The highest BCUT2D eigenvalue weighted by Crippen LogP contribution is 2.32. The molecule has 114 valence electrons. The normalized spacial score (nSPS) is 12.1. The van der Waals surface area contributed by atoms with Gasteiger partial charge in [-0.1, -0.05) is 29.9 Å². The fraction of sp³-hybridized carbons (Fsp3) is 0.188. The van der Waals surface area contributed by atoms with Gasteiger partial charge in [0.25, 0.3) is 0 Å². The van der Waals surface area contributed by atoms with Crippen LogP contribution >= 0.6 is 23.8 Å². The summed E-state index contributed by atoms with van der Waals surface area (Å²) in [6.07, 6.45) is 0. The molecule has 1 aliphatic rings. The van der Waals surface area contributed by atoms with E-state index in [4.69, 9.17) is 38.0 Å². The van der Waals surface area contributed by atoms with Gasteiger partial charge in [0.15, 0.2) is 11.5 Å². The van der Waals surface area contributed by atoms with Crippen molar-refractivity contribution in [3.8, 4) is 17.2 Å². The van der Waals surface area contributed by atoms with Gasteiger partial charge in [0.05, 0.1) is 12.1 Å². The molecule has 0 aliphatic carbocycles. The average Bonchev–Trinajstić information content (AvgIpc) is 3.00. The van der Waals surface area contributed by atoms with Gasteiger partial charge in [-0.15, -0.1) is 0 Å². The minimum absolute atomic E-state index is 0.270. The van der Waals surface area contributed by atoms with Gasteiger partial charge in [0.2, 0.25) is 6.79 Å². The van der Waals surface area contributed by atoms with Crippen LogP contribution in [0.5, 0.6) is 17.2 Å². The van der Waals surface area contributed by atoms with Crippen LogP contribution in [0, 0.1) is 0 Å². The van der Waals surface area contributed by atoms with Gasteiger partial charge in [0.1, 0.15) is 10.7 Å². The molecule has 1 heterocycles. The van der Waals surface area contributed by atoms with E-state index in [9.17, 15) is 0 Å². The van der Waals surface area contributed by atoms with Gasteiger partial charge in [-0.3, -0.25) is 0 Å². The lowest BCUT2D eigenvalue weighted by Gasteiger charge is -2.11. The van der Waals surface area contributed by atoms with E-state index in [-0.39, 0.29) is 6.79 Å². The van der Waals surface area contributed by atoms with Crippen molar-refractivity contribution in [3.05, 3.63) is 52.5 Å². The Morgan fingerprint density at radius 1 is 1.23 bits per heavy atom. The van der Waals surface area contributed by atoms with Crippen molar-refractivity contribution >= 4 is 28.8 Å². The summed E-state index contributed by atoms with van der Waals surface area (Å²) in [7, 11) is 1.60. The zero-order valence-electron chi connectivity index (χ0n) is 11.9. The van der Waals surface area contributed by atoms with Gasteiger partial charge in [-0.2, -0.15) is 0 Å². The number of methoxy groups -OCH3 is 1. The summed E-state index contributed by atoms with van der Waals surface area (Å²) in [5.41, 5.74) is 1.83. The number of halogens is 1. The molecule has 2 aromatic carbocycles. The molecule has 0 aromatic heterocycles. The summed E-state index contributed by atoms with van der Waals surface area (Å²) >= 11 is 11.6. The lowest BCUT2D eigenvalue weighted by Crippen LogP contribution is -2.22. The van der Waals surface area contributed by atoms with Crippen molar-refractivity contribution in [1.82, 2.24) is 5.32 Å². The Morgan fingerprint density at radius 2 is 2.05 bits per heavy atom. The van der Waals surface area contributed by atoms with Crippen molar-refractivity contribution in [1.29, 1.82) is 0 Å². The maximum Gasteiger partial charge on any atom is 0.231 e. The Kier molecular flexibility index (Phi) is 4.36. The molecular weight excluding hydrogens is 322 g/mol. The molecule has 0 saturated carbocycles. The van der Waals surface area contributed by atoms with Gasteiger partial charge < -0.3 is 19.5 Å². The van der Waals surface area contributed by atoms with Crippen LogP contribution in [-0.4, -0.2) is 18.9 Å². The number of hydrogen-bond donors (Lipinski definition) is 1. The zero-order chi connectivity index (χ0) is 15.5. The third-order valence-corrected chi connectivity index (χ3v) is 3.99. The lowest BCUT2D eigenvalue weighted by atomic mass is 10.2. The summed E-state index contributed by atoms with van der Waals surface area (Å²) in [5.74, 6) is 2.23. The molecule has 22 heavy (non-hydrogen) atoms. The third-order valence-electron chi connectivity index (χ3n) is 3.31. The minimum Gasteiger partial charge on any atom is -0.497 e. The second kappa shape index (κ2) is 6.42. The van der Waals surface area contributed by atoms with Crippen LogP contribution in [0.25, 0.3) is 0 Å². The van der Waals surface area contributed by atoms with Crippen molar-refractivity contribution < 1.29 is 14.2 Å². The standard InChI is InChI=1S/C16H14ClNO3S/c1-19-11-3-4-12(13(17)7-11)16(22)18-8-10-2-5-14-15(6-10)21-9-20-14/h2-7H,8-9H2,1H3,(H,18,22). The summed E-state index contributed by atoms with van der Waals surface area (Å²) in [4.78, 5) is 0.588. The maximum atomic E-state index is 6.22. The van der Waals surface area contributed by atoms with E-state index in [1.54, 1.807) is 13.2 Å². The first-order chi connectivity index (χ1) is 10.7. The van der Waals surface area contributed by atoms with Crippen LogP contribution in [-0.2, 0) is 6.54 Å². The van der Waals surface area contributed by atoms with E-state index in [1.165, 1.54) is 0 Å². The molecule has 0 atom stereocenters. The molecule has 0 amide bonds. The van der Waals surface area contributed by atoms with Crippen molar-refractivity contribution in [3.63, 3.8) is 0 Å². The van der Waals surface area contributed by atoms with Gasteiger partial charge in [-0.25, -0.2) is 0 Å². The third kappa shape index (κ3) is 3.10. The number of hydrogen-bond acceptors (Lipinski definition) is 4. The van der Waals surface area contributed by atoms with Crippen LogP contribution in [0.2, 0.25) is 5.02 Å². The van der Waals surface area contributed by atoms with Crippen LogP contribution in [0.1, 0.15) is 11.1 Å². The highest BCUT2D eigenvalue weighted by atomic mass is 35.5. The second-order valence-electron chi connectivity index (χ2n) is 4.72. The quantitative estimate of drug-likeness (QED) is 0.865. The number of ether oxygens (including phenoxy) is 3. The van der Waals surface area contributed by atoms with Crippen molar-refractivity contribution in [2.75, 3.05) is 13.9 Å². The van der Waals surface area contributed by atoms with Crippen LogP contribution in [0.4, 0.5) is 0 Å². The van der Waals surface area contributed by atoms with Crippen molar-refractivity contribution in [2.24, 2.45) is 0 Å². The first kappa shape index (κ1) is 14.9. The monoisotopic (exact) mass is 335 g/mol. The summed E-state index contributed by atoms with van der Waals surface area (Å²) < 4.78 is 15.8. The number of rotatable bonds is 4. The largest absolute Gasteiger partial charge is 0.497 e. The molecule has 0 unspecified atom stereocenters. The SMILES string of the molecule is COc1ccc(C(=S)NCc2ccc3c(c2)OCO3)c(Cl)c1. The summed E-state index contributed by atoms with van der Waals surface area (Å²) in [6.45, 7) is 0.851. The van der Waals surface area contributed by atoms with E-state index in [2.05, 4.69) is 5.32 Å². The van der Waals surface area contributed by atoms with Crippen molar-refractivity contribution in [2.45, 2.75) is 6.54 Å².